The van der Waals surface area contributed by atoms with Crippen molar-refractivity contribution in [3.8, 4) is 0 Å². The summed E-state index contributed by atoms with van der Waals surface area (Å²) in [4.78, 5) is 14.1. The molecule has 0 spiro atoms. The van der Waals surface area contributed by atoms with Gasteiger partial charge in [0.15, 0.2) is 0 Å². The number of hydrogen-bond donors (Lipinski definition) is 3. The van der Waals surface area contributed by atoms with Gasteiger partial charge in [-0.1, -0.05) is 30.3 Å². The van der Waals surface area contributed by atoms with E-state index in [2.05, 4.69) is 4.72 Å². The molecule has 2 rings (SSSR count). The number of carbonyl (C=O) groups is 1. The zero-order valence-electron chi connectivity index (χ0n) is 13.5. The smallest absolute Gasteiger partial charge is 0.268 e. The first-order valence-electron chi connectivity index (χ1n) is 7.05. The van der Waals surface area contributed by atoms with Crippen LogP contribution in [0, 0.1) is 6.92 Å². The maximum Gasteiger partial charge on any atom is 0.268 e. The Kier molecular flexibility index (Phi) is 5.45. The lowest BCUT2D eigenvalue weighted by Gasteiger charge is -2.13. The Morgan fingerprint density at radius 1 is 0.920 bits per heavy atom. The molecular weight excluding hydrogens is 366 g/mol. The number of hydrazine groups is 1. The van der Waals surface area contributed by atoms with Crippen molar-refractivity contribution in [1.29, 1.82) is 0 Å². The molecule has 2 aromatic rings. The molecule has 25 heavy (non-hydrogen) atoms. The van der Waals surface area contributed by atoms with E-state index in [0.29, 0.717) is 5.56 Å². The van der Waals surface area contributed by atoms with Crippen molar-refractivity contribution in [2.75, 3.05) is 11.0 Å². The summed E-state index contributed by atoms with van der Waals surface area (Å²) in [5, 5.41) is 0. The monoisotopic (exact) mass is 383 g/mol. The van der Waals surface area contributed by atoms with Gasteiger partial charge >= 0.3 is 0 Å². The van der Waals surface area contributed by atoms with Crippen molar-refractivity contribution in [3.05, 3.63) is 59.7 Å². The molecule has 10 heteroatoms. The number of carbonyl (C=O) groups excluding carboxylic acids is 1. The lowest BCUT2D eigenvalue weighted by molar-refractivity contribution is 0.0946. The fourth-order valence-electron chi connectivity index (χ4n) is 2.03. The van der Waals surface area contributed by atoms with Gasteiger partial charge in [-0.15, -0.1) is 4.83 Å². The van der Waals surface area contributed by atoms with Gasteiger partial charge in [0.2, 0.25) is 10.0 Å². The van der Waals surface area contributed by atoms with Gasteiger partial charge < -0.3 is 0 Å². The fourth-order valence-corrected chi connectivity index (χ4v) is 3.64. The fraction of sp³-hybridized carbons (Fsp3) is 0.133. The summed E-state index contributed by atoms with van der Waals surface area (Å²) in [5.74, 6) is -0.798. The number of amides is 1. The minimum atomic E-state index is -3.91. The number of rotatable bonds is 6. The predicted octanol–water partition coefficient (Wildman–Crippen LogP) is 0.990. The summed E-state index contributed by atoms with van der Waals surface area (Å²) in [5.41, 5.74) is 2.55. The van der Waals surface area contributed by atoms with Crippen LogP contribution in [0.25, 0.3) is 0 Å². The van der Waals surface area contributed by atoms with Crippen LogP contribution >= 0.6 is 0 Å². The van der Waals surface area contributed by atoms with Gasteiger partial charge in [-0.05, 0) is 30.7 Å². The number of para-hydroxylation sites is 1. The van der Waals surface area contributed by atoms with Gasteiger partial charge in [0, 0.05) is 0 Å². The molecule has 8 nitrogen and oxygen atoms in total. The number of hydrogen-bond acceptors (Lipinski definition) is 5. The molecule has 0 aliphatic carbocycles. The van der Waals surface area contributed by atoms with Gasteiger partial charge in [-0.2, -0.15) is 0 Å². The Morgan fingerprint density at radius 3 is 2.16 bits per heavy atom. The summed E-state index contributed by atoms with van der Waals surface area (Å²) in [6, 6.07) is 12.3. The Hall–Kier alpha value is -2.43. The third kappa shape index (κ3) is 5.02. The molecule has 2 aromatic carbocycles. The average molecular weight is 383 g/mol. The molecule has 134 valence electrons. The van der Waals surface area contributed by atoms with Gasteiger partial charge in [0.25, 0.3) is 15.9 Å². The second kappa shape index (κ2) is 7.21. The van der Waals surface area contributed by atoms with Crippen molar-refractivity contribution in [1.82, 2.24) is 10.3 Å². The number of aryl methyl sites for hydroxylation is 1. The molecule has 0 aromatic heterocycles. The second-order valence-corrected chi connectivity index (χ2v) is 8.64. The number of anilines is 1. The molecule has 0 heterocycles. The quantitative estimate of drug-likeness (QED) is 0.642. The molecular formula is C15H17N3O5S2. The van der Waals surface area contributed by atoms with Crippen molar-refractivity contribution >= 4 is 31.6 Å². The minimum absolute atomic E-state index is 0.0264. The molecule has 1 amide bonds. The normalized spacial score (nSPS) is 11.8. The van der Waals surface area contributed by atoms with Gasteiger partial charge in [0.05, 0.1) is 22.4 Å². The van der Waals surface area contributed by atoms with Crippen LogP contribution in [-0.4, -0.2) is 29.0 Å². The summed E-state index contributed by atoms with van der Waals surface area (Å²) in [6.45, 7) is 1.66. The van der Waals surface area contributed by atoms with E-state index in [1.807, 2.05) is 10.3 Å². The Labute approximate surface area is 146 Å². The van der Waals surface area contributed by atoms with Crippen LogP contribution in [0.2, 0.25) is 0 Å². The third-order valence-corrected chi connectivity index (χ3v) is 5.15. The zero-order valence-corrected chi connectivity index (χ0v) is 15.1. The van der Waals surface area contributed by atoms with E-state index in [-0.39, 0.29) is 16.1 Å². The largest absolute Gasteiger partial charge is 0.279 e. The van der Waals surface area contributed by atoms with E-state index in [4.69, 9.17) is 0 Å². The molecule has 0 saturated heterocycles. The van der Waals surface area contributed by atoms with E-state index < -0.39 is 26.0 Å². The zero-order chi connectivity index (χ0) is 18.7. The highest BCUT2D eigenvalue weighted by molar-refractivity contribution is 7.92. The lowest BCUT2D eigenvalue weighted by atomic mass is 10.2. The molecule has 0 unspecified atom stereocenters. The van der Waals surface area contributed by atoms with Crippen LogP contribution in [-0.2, 0) is 20.0 Å². The Morgan fingerprint density at radius 2 is 1.52 bits per heavy atom. The van der Waals surface area contributed by atoms with Crippen LogP contribution in [0.5, 0.6) is 0 Å². The second-order valence-electron chi connectivity index (χ2n) is 5.24. The van der Waals surface area contributed by atoms with Crippen molar-refractivity contribution in [2.45, 2.75) is 11.8 Å². The molecule has 0 aliphatic heterocycles. The molecule has 0 aliphatic rings. The minimum Gasteiger partial charge on any atom is -0.279 e. The first-order chi connectivity index (χ1) is 11.6. The molecule has 0 radical (unpaired) electrons. The van der Waals surface area contributed by atoms with Gasteiger partial charge in [0.1, 0.15) is 0 Å². The lowest BCUT2D eigenvalue weighted by Crippen LogP contribution is -2.41. The highest BCUT2D eigenvalue weighted by Crippen LogP contribution is 2.21. The van der Waals surface area contributed by atoms with Crippen LogP contribution in [0.15, 0.2) is 53.4 Å². The molecule has 0 atom stereocenters. The molecule has 0 bridgehead atoms. The highest BCUT2D eigenvalue weighted by Gasteiger charge is 2.20. The van der Waals surface area contributed by atoms with E-state index in [0.717, 1.165) is 6.26 Å². The summed E-state index contributed by atoms with van der Waals surface area (Å²) >= 11 is 0. The maximum absolute atomic E-state index is 12.6. The van der Waals surface area contributed by atoms with Crippen LogP contribution in [0.3, 0.4) is 0 Å². The van der Waals surface area contributed by atoms with Gasteiger partial charge in [-0.3, -0.25) is 14.9 Å². The highest BCUT2D eigenvalue weighted by atomic mass is 32.2. The topological polar surface area (TPSA) is 121 Å². The van der Waals surface area contributed by atoms with E-state index in [9.17, 15) is 21.6 Å². The van der Waals surface area contributed by atoms with Crippen LogP contribution in [0.4, 0.5) is 5.69 Å². The SMILES string of the molecule is Cc1ccccc1S(=O)(=O)Nc1ccccc1C(=O)NNS(C)(=O)=O. The number of sulfonamides is 2. The van der Waals surface area contributed by atoms with E-state index >= 15 is 0 Å². The Balaban J connectivity index is 2.32. The van der Waals surface area contributed by atoms with Gasteiger partial charge in [-0.25, -0.2) is 16.8 Å². The summed E-state index contributed by atoms with van der Waals surface area (Å²) in [6.07, 6.45) is 0.875. The molecule has 0 fully saturated rings. The average Bonchev–Trinajstić information content (AvgIpc) is 2.52. The number of benzene rings is 2. The van der Waals surface area contributed by atoms with Crippen molar-refractivity contribution < 1.29 is 21.6 Å². The Bertz CT molecular complexity index is 1000. The maximum atomic E-state index is 12.6. The molecule has 3 N–H and O–H groups in total. The first-order valence-corrected chi connectivity index (χ1v) is 10.4. The summed E-state index contributed by atoms with van der Waals surface area (Å²) in [7, 11) is -7.56. The number of nitrogens with one attached hydrogen (secondary N) is 3. The van der Waals surface area contributed by atoms with E-state index in [1.54, 1.807) is 31.2 Å². The van der Waals surface area contributed by atoms with Crippen molar-refractivity contribution in [2.24, 2.45) is 0 Å². The van der Waals surface area contributed by atoms with Crippen LogP contribution < -0.4 is 15.0 Å². The first kappa shape index (κ1) is 18.9. The third-order valence-electron chi connectivity index (χ3n) is 3.15. The predicted molar refractivity (Wildman–Crippen MR) is 93.9 cm³/mol. The summed E-state index contributed by atoms with van der Waals surface area (Å²) < 4.78 is 49.6. The van der Waals surface area contributed by atoms with Crippen LogP contribution in [0.1, 0.15) is 15.9 Å². The standard InChI is InChI=1S/C15H17N3O5S2/c1-11-7-3-6-10-14(11)25(22,23)17-13-9-5-4-8-12(13)15(19)16-18-24(2,20)21/h3-10,17-18H,1-2H3,(H,16,19). The van der Waals surface area contributed by atoms with E-state index in [1.165, 1.54) is 24.3 Å². The van der Waals surface area contributed by atoms with Crippen molar-refractivity contribution in [3.63, 3.8) is 0 Å². The molecule has 0 saturated carbocycles.